The lowest BCUT2D eigenvalue weighted by molar-refractivity contribution is 0.372. The molecule has 0 unspecified atom stereocenters. The first-order valence-corrected chi connectivity index (χ1v) is 8.88. The molecule has 0 radical (unpaired) electrons. The van der Waals surface area contributed by atoms with Gasteiger partial charge in [-0.1, -0.05) is 6.07 Å². The second-order valence-electron chi connectivity index (χ2n) is 5.79. The first kappa shape index (κ1) is 16.1. The number of ether oxygens (including phenoxy) is 1. The summed E-state index contributed by atoms with van der Waals surface area (Å²) in [6.45, 7) is 3.08. The second-order valence-corrected chi connectivity index (χ2v) is 6.66. The summed E-state index contributed by atoms with van der Waals surface area (Å²) in [5.41, 5.74) is 1.17. The monoisotopic (exact) mass is 333 g/mol. The zero-order valence-corrected chi connectivity index (χ0v) is 14.2. The van der Waals surface area contributed by atoms with Crippen LogP contribution in [0.1, 0.15) is 18.4 Å². The quantitative estimate of drug-likeness (QED) is 0.851. The zero-order chi connectivity index (χ0) is 16.1. The van der Waals surface area contributed by atoms with E-state index >= 15 is 0 Å². The fourth-order valence-corrected chi connectivity index (χ4v) is 3.64. The van der Waals surface area contributed by atoms with Gasteiger partial charge in [0, 0.05) is 30.7 Å². The number of benzene rings is 1. The predicted octanol–water partition coefficient (Wildman–Crippen LogP) is 2.66. The van der Waals surface area contributed by atoms with E-state index in [0.29, 0.717) is 11.8 Å². The summed E-state index contributed by atoms with van der Waals surface area (Å²) >= 11 is 1.71. The van der Waals surface area contributed by atoms with Crippen molar-refractivity contribution in [3.8, 4) is 11.5 Å². The molecule has 6 heteroatoms. The van der Waals surface area contributed by atoms with Crippen LogP contribution in [0, 0.1) is 0 Å². The fourth-order valence-electron chi connectivity index (χ4n) is 2.95. The molecule has 0 bridgehead atoms. The van der Waals surface area contributed by atoms with E-state index in [2.05, 4.69) is 15.2 Å². The number of anilines is 1. The Morgan fingerprint density at radius 3 is 2.91 bits per heavy atom. The van der Waals surface area contributed by atoms with Crippen LogP contribution in [0.4, 0.5) is 5.13 Å². The number of rotatable bonds is 6. The number of methoxy groups -OCH3 is 1. The molecule has 23 heavy (non-hydrogen) atoms. The van der Waals surface area contributed by atoms with E-state index in [4.69, 9.17) is 4.74 Å². The number of nitrogens with zero attached hydrogens (tertiary/aromatic N) is 2. The van der Waals surface area contributed by atoms with Gasteiger partial charge in [0.2, 0.25) is 0 Å². The molecule has 1 saturated heterocycles. The molecule has 0 atom stereocenters. The first-order valence-electron chi connectivity index (χ1n) is 8.00. The Labute approximate surface area is 140 Å². The number of aromatic hydroxyl groups is 1. The Bertz CT molecular complexity index is 610. The summed E-state index contributed by atoms with van der Waals surface area (Å²) in [6, 6.07) is 6.12. The van der Waals surface area contributed by atoms with E-state index < -0.39 is 0 Å². The minimum atomic E-state index is 0.193. The van der Waals surface area contributed by atoms with Gasteiger partial charge in [0.1, 0.15) is 0 Å². The number of phenols is 1. The number of aromatic nitrogens is 1. The molecule has 2 N–H and O–H groups in total. The van der Waals surface area contributed by atoms with Crippen LogP contribution in [0.3, 0.4) is 0 Å². The van der Waals surface area contributed by atoms with Gasteiger partial charge in [0.05, 0.1) is 7.11 Å². The average Bonchev–Trinajstić information content (AvgIpc) is 3.11. The van der Waals surface area contributed by atoms with E-state index in [9.17, 15) is 5.11 Å². The van der Waals surface area contributed by atoms with Crippen LogP contribution in [0.2, 0.25) is 0 Å². The molecule has 2 aromatic rings. The van der Waals surface area contributed by atoms with Gasteiger partial charge in [-0.2, -0.15) is 0 Å². The maximum Gasteiger partial charge on any atom is 0.185 e. The van der Waals surface area contributed by atoms with Crippen molar-refractivity contribution in [3.05, 3.63) is 35.3 Å². The van der Waals surface area contributed by atoms with Gasteiger partial charge >= 0.3 is 0 Å². The molecule has 5 nitrogen and oxygen atoms in total. The lowest BCUT2D eigenvalue weighted by atomic mass is 10.0. The maximum atomic E-state index is 9.62. The molecule has 0 spiro atoms. The minimum absolute atomic E-state index is 0.193. The van der Waals surface area contributed by atoms with Crippen LogP contribution in [0.25, 0.3) is 0 Å². The van der Waals surface area contributed by atoms with Gasteiger partial charge in [-0.05, 0) is 43.5 Å². The lowest BCUT2D eigenvalue weighted by Crippen LogP contribution is -2.43. The van der Waals surface area contributed by atoms with Crippen LogP contribution in [-0.2, 0) is 6.42 Å². The largest absolute Gasteiger partial charge is 0.504 e. The Morgan fingerprint density at radius 1 is 1.39 bits per heavy atom. The van der Waals surface area contributed by atoms with E-state index in [1.807, 2.05) is 23.7 Å². The highest BCUT2D eigenvalue weighted by Gasteiger charge is 2.20. The minimum Gasteiger partial charge on any atom is -0.504 e. The molecule has 2 heterocycles. The van der Waals surface area contributed by atoms with Crippen LogP contribution < -0.4 is 15.0 Å². The smallest absolute Gasteiger partial charge is 0.185 e. The number of piperidine rings is 1. The maximum absolute atomic E-state index is 9.62. The van der Waals surface area contributed by atoms with Crippen LogP contribution >= 0.6 is 11.3 Å². The number of hydrogen-bond acceptors (Lipinski definition) is 6. The van der Waals surface area contributed by atoms with Gasteiger partial charge in [-0.25, -0.2) is 4.98 Å². The molecule has 1 fully saturated rings. The van der Waals surface area contributed by atoms with Crippen molar-refractivity contribution in [3.63, 3.8) is 0 Å². The topological polar surface area (TPSA) is 57.6 Å². The molecule has 124 valence electrons. The Hall–Kier alpha value is -1.79. The molecule has 1 aromatic carbocycles. The number of nitrogens with one attached hydrogen (secondary N) is 1. The van der Waals surface area contributed by atoms with Gasteiger partial charge in [-0.3, -0.25) is 0 Å². The standard InChI is InChI=1S/C17H23N3O2S/c1-22-16-12-13(2-3-15(16)21)4-7-18-14-5-9-20(10-6-14)17-19-8-11-23-17/h2-3,8,11-12,14,18,21H,4-7,9-10H2,1H3. The van der Waals surface area contributed by atoms with Crippen molar-refractivity contribution in [2.24, 2.45) is 0 Å². The van der Waals surface area contributed by atoms with Crippen molar-refractivity contribution in [2.75, 3.05) is 31.6 Å². The zero-order valence-electron chi connectivity index (χ0n) is 13.4. The summed E-state index contributed by atoms with van der Waals surface area (Å²) < 4.78 is 5.15. The fraction of sp³-hybridized carbons (Fsp3) is 0.471. The SMILES string of the molecule is COc1cc(CCNC2CCN(c3nccs3)CC2)ccc1O. The van der Waals surface area contributed by atoms with Gasteiger partial charge in [0.25, 0.3) is 0 Å². The van der Waals surface area contributed by atoms with Crippen molar-refractivity contribution in [2.45, 2.75) is 25.3 Å². The normalized spacial score (nSPS) is 15.8. The predicted molar refractivity (Wildman–Crippen MR) is 93.7 cm³/mol. The number of phenolic OH excluding ortho intramolecular Hbond substituents is 1. The first-order chi connectivity index (χ1) is 11.3. The van der Waals surface area contributed by atoms with Crippen LogP contribution in [0.15, 0.2) is 29.8 Å². The Morgan fingerprint density at radius 2 is 2.22 bits per heavy atom. The third-order valence-electron chi connectivity index (χ3n) is 4.28. The molecular formula is C17H23N3O2S. The summed E-state index contributed by atoms with van der Waals surface area (Å²) in [4.78, 5) is 6.75. The van der Waals surface area contributed by atoms with E-state index in [0.717, 1.165) is 44.0 Å². The van der Waals surface area contributed by atoms with Gasteiger partial charge in [0.15, 0.2) is 16.6 Å². The second kappa shape index (κ2) is 7.66. The van der Waals surface area contributed by atoms with E-state index in [-0.39, 0.29) is 5.75 Å². The van der Waals surface area contributed by atoms with E-state index in [1.165, 1.54) is 5.56 Å². The summed E-state index contributed by atoms with van der Waals surface area (Å²) in [6.07, 6.45) is 5.11. The van der Waals surface area contributed by atoms with Crippen LogP contribution in [-0.4, -0.2) is 42.9 Å². The van der Waals surface area contributed by atoms with Crippen molar-refractivity contribution < 1.29 is 9.84 Å². The number of thiazole rings is 1. The highest BCUT2D eigenvalue weighted by atomic mass is 32.1. The molecule has 3 rings (SSSR count). The van der Waals surface area contributed by atoms with Crippen LogP contribution in [0.5, 0.6) is 11.5 Å². The van der Waals surface area contributed by atoms with E-state index in [1.54, 1.807) is 24.5 Å². The highest BCUT2D eigenvalue weighted by molar-refractivity contribution is 7.13. The molecule has 1 aromatic heterocycles. The molecule has 0 aliphatic carbocycles. The molecule has 1 aliphatic heterocycles. The van der Waals surface area contributed by atoms with Gasteiger partial charge < -0.3 is 20.1 Å². The summed E-state index contributed by atoms with van der Waals surface area (Å²) in [7, 11) is 1.58. The molecular weight excluding hydrogens is 310 g/mol. The summed E-state index contributed by atoms with van der Waals surface area (Å²) in [5.74, 6) is 0.734. The number of hydrogen-bond donors (Lipinski definition) is 2. The van der Waals surface area contributed by atoms with Crippen molar-refractivity contribution in [1.29, 1.82) is 0 Å². The molecule has 0 saturated carbocycles. The third kappa shape index (κ3) is 4.14. The summed E-state index contributed by atoms with van der Waals surface area (Å²) in [5, 5.41) is 16.4. The third-order valence-corrected chi connectivity index (χ3v) is 5.11. The Balaban J connectivity index is 1.42. The lowest BCUT2D eigenvalue weighted by Gasteiger charge is -2.32. The highest BCUT2D eigenvalue weighted by Crippen LogP contribution is 2.26. The molecule has 0 amide bonds. The van der Waals surface area contributed by atoms with Gasteiger partial charge in [-0.15, -0.1) is 11.3 Å². The Kier molecular flexibility index (Phi) is 5.35. The average molecular weight is 333 g/mol. The van der Waals surface area contributed by atoms with Crippen molar-refractivity contribution in [1.82, 2.24) is 10.3 Å². The van der Waals surface area contributed by atoms with Crippen molar-refractivity contribution >= 4 is 16.5 Å². The molecule has 1 aliphatic rings.